The van der Waals surface area contributed by atoms with Crippen molar-refractivity contribution in [2.45, 2.75) is 0 Å². The van der Waals surface area contributed by atoms with Crippen molar-refractivity contribution in [1.29, 1.82) is 0 Å². The maximum absolute atomic E-state index is 10.6. The summed E-state index contributed by atoms with van der Waals surface area (Å²) in [5, 5.41) is 11.2. The van der Waals surface area contributed by atoms with E-state index in [2.05, 4.69) is 0 Å². The Morgan fingerprint density at radius 3 is 2.33 bits per heavy atom. The second-order valence-corrected chi connectivity index (χ2v) is 2.42. The molecule has 0 aliphatic carbocycles. The largest absolute Gasteiger partial charge is 0.288 e. The van der Waals surface area contributed by atoms with Gasteiger partial charge in [0.25, 0.3) is 0 Å². The monoisotopic (exact) mass is 161 g/mol. The fraction of sp³-hybridized carbons (Fsp3) is 0. The summed E-state index contributed by atoms with van der Waals surface area (Å²) in [6, 6.07) is 4.27. The van der Waals surface area contributed by atoms with Crippen LogP contribution in [0.4, 0.5) is 0 Å². The summed E-state index contributed by atoms with van der Waals surface area (Å²) in [6.07, 6.45) is 0. The van der Waals surface area contributed by atoms with Gasteiger partial charge < -0.3 is 0 Å². The van der Waals surface area contributed by atoms with Gasteiger partial charge in [-0.2, -0.15) is 0 Å². The molecule has 3 heteroatoms. The number of hydrogen-bond donors (Lipinski definition) is 0. The molecular weight excluding hydrogens is 159 g/mol. The smallest absolute Gasteiger partial charge is 0.197 e. The fourth-order valence-corrected chi connectivity index (χ4v) is 0.884. The zero-order chi connectivity index (χ0) is 6.85. The van der Waals surface area contributed by atoms with Crippen LogP contribution in [-0.4, -0.2) is 0 Å². The van der Waals surface area contributed by atoms with Crippen LogP contribution in [0.3, 0.4) is 0 Å². The Balaban J connectivity index is 3.17. The minimum atomic E-state index is -0.193. The van der Waals surface area contributed by atoms with Crippen molar-refractivity contribution < 1.29 is 5.11 Å². The fourth-order valence-electron chi connectivity index (χ4n) is 0.475. The van der Waals surface area contributed by atoms with Gasteiger partial charge in [0, 0.05) is 5.02 Å². The van der Waals surface area contributed by atoms with E-state index in [9.17, 15) is 5.11 Å². The normalized spacial score (nSPS) is 9.56. The van der Waals surface area contributed by atoms with Crippen LogP contribution in [-0.2, 0) is 5.11 Å². The summed E-state index contributed by atoms with van der Waals surface area (Å²) in [5.41, 5.74) is 0. The molecule has 0 saturated heterocycles. The summed E-state index contributed by atoms with van der Waals surface area (Å²) >= 11 is 10.9. The summed E-state index contributed by atoms with van der Waals surface area (Å²) in [4.78, 5) is 0. The van der Waals surface area contributed by atoms with Gasteiger partial charge in [-0.15, -0.1) is 0 Å². The van der Waals surface area contributed by atoms with Gasteiger partial charge in [-0.05, 0) is 18.2 Å². The van der Waals surface area contributed by atoms with E-state index in [1.165, 1.54) is 18.2 Å². The molecule has 1 aromatic carbocycles. The molecule has 0 bridgehead atoms. The Morgan fingerprint density at radius 2 is 1.89 bits per heavy atom. The van der Waals surface area contributed by atoms with Crippen LogP contribution in [0.1, 0.15) is 0 Å². The maximum Gasteiger partial charge on any atom is 0.197 e. The molecule has 0 aliphatic heterocycles. The standard InChI is InChI=1S/C6H3Cl2O/c7-4-1-2-6(9)5(8)3-4/h1-3H. The second-order valence-electron chi connectivity index (χ2n) is 1.57. The molecule has 0 unspecified atom stereocenters. The van der Waals surface area contributed by atoms with Crippen LogP contribution in [0.5, 0.6) is 5.75 Å². The van der Waals surface area contributed by atoms with E-state index in [0.29, 0.717) is 5.02 Å². The number of halogens is 2. The van der Waals surface area contributed by atoms with Gasteiger partial charge >= 0.3 is 0 Å². The van der Waals surface area contributed by atoms with E-state index in [1.807, 2.05) is 0 Å². The third-order valence-electron chi connectivity index (χ3n) is 0.894. The topological polar surface area (TPSA) is 19.9 Å². The summed E-state index contributed by atoms with van der Waals surface area (Å²) in [7, 11) is 0. The van der Waals surface area contributed by atoms with E-state index in [-0.39, 0.29) is 10.8 Å². The van der Waals surface area contributed by atoms with Gasteiger partial charge in [0.05, 0.1) is 5.02 Å². The quantitative estimate of drug-likeness (QED) is 0.558. The average molecular weight is 162 g/mol. The number of rotatable bonds is 0. The first kappa shape index (κ1) is 6.72. The molecule has 0 spiro atoms. The first-order valence-corrected chi connectivity index (χ1v) is 3.08. The van der Waals surface area contributed by atoms with E-state index in [0.717, 1.165) is 0 Å². The molecule has 0 saturated carbocycles. The van der Waals surface area contributed by atoms with Crippen molar-refractivity contribution in [2.24, 2.45) is 0 Å². The molecule has 0 fully saturated rings. The highest BCUT2D eigenvalue weighted by atomic mass is 35.5. The first-order valence-electron chi connectivity index (χ1n) is 2.32. The van der Waals surface area contributed by atoms with E-state index in [4.69, 9.17) is 23.2 Å². The van der Waals surface area contributed by atoms with Crippen LogP contribution < -0.4 is 0 Å². The highest BCUT2D eigenvalue weighted by molar-refractivity contribution is 6.35. The zero-order valence-corrected chi connectivity index (χ0v) is 5.91. The lowest BCUT2D eigenvalue weighted by Crippen LogP contribution is -1.65. The molecule has 47 valence electrons. The molecule has 0 atom stereocenters. The van der Waals surface area contributed by atoms with Gasteiger partial charge in [-0.25, -0.2) is 0 Å². The summed E-state index contributed by atoms with van der Waals surface area (Å²) in [5.74, 6) is -0.193. The third kappa shape index (κ3) is 1.50. The molecule has 0 heterocycles. The SMILES string of the molecule is [O]c1ccc(Cl)cc1Cl. The van der Waals surface area contributed by atoms with Crippen LogP contribution in [0, 0.1) is 0 Å². The minimum Gasteiger partial charge on any atom is -0.288 e. The van der Waals surface area contributed by atoms with Crippen molar-refractivity contribution in [2.75, 3.05) is 0 Å². The lowest BCUT2D eigenvalue weighted by Gasteiger charge is -1.90. The number of hydrogen-bond acceptors (Lipinski definition) is 0. The highest BCUT2D eigenvalue weighted by Gasteiger charge is 1.98. The molecule has 1 nitrogen and oxygen atoms in total. The van der Waals surface area contributed by atoms with Crippen molar-refractivity contribution in [3.05, 3.63) is 28.2 Å². The van der Waals surface area contributed by atoms with E-state index >= 15 is 0 Å². The van der Waals surface area contributed by atoms with Crippen molar-refractivity contribution in [1.82, 2.24) is 0 Å². The molecule has 9 heavy (non-hydrogen) atoms. The Kier molecular flexibility index (Phi) is 1.84. The Labute approximate surface area is 62.8 Å². The van der Waals surface area contributed by atoms with Gasteiger partial charge in [-0.1, -0.05) is 23.2 Å². The predicted octanol–water partition coefficient (Wildman–Crippen LogP) is 3.14. The van der Waals surface area contributed by atoms with Crippen LogP contribution >= 0.6 is 23.2 Å². The average Bonchev–Trinajstić information content (AvgIpc) is 1.80. The number of benzene rings is 1. The maximum atomic E-state index is 10.6. The molecule has 1 aromatic rings. The van der Waals surface area contributed by atoms with Crippen molar-refractivity contribution in [3.63, 3.8) is 0 Å². The third-order valence-corrected chi connectivity index (χ3v) is 1.42. The Bertz CT molecular complexity index is 222. The lowest BCUT2D eigenvalue weighted by atomic mass is 10.3. The van der Waals surface area contributed by atoms with Gasteiger partial charge in [0.2, 0.25) is 0 Å². The van der Waals surface area contributed by atoms with Gasteiger partial charge in [0.1, 0.15) is 0 Å². The predicted molar refractivity (Wildman–Crippen MR) is 36.6 cm³/mol. The molecule has 1 rings (SSSR count). The Hall–Kier alpha value is -0.400. The van der Waals surface area contributed by atoms with E-state index in [1.54, 1.807) is 0 Å². The van der Waals surface area contributed by atoms with Gasteiger partial charge in [0.15, 0.2) is 5.75 Å². The minimum absolute atomic E-state index is 0.169. The first-order chi connectivity index (χ1) is 4.20. The van der Waals surface area contributed by atoms with Crippen molar-refractivity contribution >= 4 is 23.2 Å². The van der Waals surface area contributed by atoms with Gasteiger partial charge in [-0.3, -0.25) is 5.11 Å². The molecule has 0 aliphatic rings. The molecule has 1 radical (unpaired) electrons. The van der Waals surface area contributed by atoms with Crippen LogP contribution in [0.15, 0.2) is 18.2 Å². The lowest BCUT2D eigenvalue weighted by molar-refractivity contribution is 0.355. The molecule has 0 amide bonds. The summed E-state index contributed by atoms with van der Waals surface area (Å²) in [6.45, 7) is 0. The van der Waals surface area contributed by atoms with Crippen LogP contribution in [0.25, 0.3) is 0 Å². The second kappa shape index (κ2) is 2.46. The zero-order valence-electron chi connectivity index (χ0n) is 4.40. The van der Waals surface area contributed by atoms with E-state index < -0.39 is 0 Å². The summed E-state index contributed by atoms with van der Waals surface area (Å²) < 4.78 is 0. The molecular formula is C6H3Cl2O. The van der Waals surface area contributed by atoms with Crippen LogP contribution in [0.2, 0.25) is 10.0 Å². The Morgan fingerprint density at radius 1 is 1.22 bits per heavy atom. The van der Waals surface area contributed by atoms with Crippen molar-refractivity contribution in [3.8, 4) is 5.75 Å². The molecule has 0 aromatic heterocycles. The highest BCUT2D eigenvalue weighted by Crippen LogP contribution is 2.26. The molecule has 0 N–H and O–H groups in total.